The van der Waals surface area contributed by atoms with Gasteiger partial charge in [-0.05, 0) is 99.5 Å². The fourth-order valence-electron chi connectivity index (χ4n) is 8.51. The first-order chi connectivity index (χ1) is 38.9. The van der Waals surface area contributed by atoms with Gasteiger partial charge in [-0.15, -0.1) is 0 Å². The smallest absolute Gasteiger partial charge is 0.382 e. The molecule has 1 atom stereocenters. The second-order valence-corrected chi connectivity index (χ2v) is 18.6. The molecule has 2 heterocycles. The third-order valence-corrected chi connectivity index (χ3v) is 12.9. The van der Waals surface area contributed by atoms with Crippen LogP contribution in [0.2, 0.25) is 0 Å². The lowest BCUT2D eigenvalue weighted by atomic mass is 10.0. The fraction of sp³-hybridized carbons (Fsp3) is 0.552. The average molecular weight is 1130 g/mol. The van der Waals surface area contributed by atoms with Gasteiger partial charge in [0.1, 0.15) is 0 Å². The van der Waals surface area contributed by atoms with Crippen molar-refractivity contribution in [2.24, 2.45) is 0 Å². The van der Waals surface area contributed by atoms with Gasteiger partial charge in [-0.25, -0.2) is 0 Å². The number of likely N-dealkylation sites (tertiary alicyclic amines) is 1. The van der Waals surface area contributed by atoms with E-state index in [0.29, 0.717) is 173 Å². The number of halogens is 3. The van der Waals surface area contributed by atoms with Gasteiger partial charge in [0.05, 0.1) is 129 Å². The molecule has 1 aromatic heterocycles. The van der Waals surface area contributed by atoms with Crippen molar-refractivity contribution in [3.63, 3.8) is 0 Å². The maximum absolute atomic E-state index is 13.9. The number of amides is 3. The Morgan fingerprint density at radius 3 is 1.91 bits per heavy atom. The van der Waals surface area contributed by atoms with Crippen LogP contribution < -0.4 is 20.9 Å². The van der Waals surface area contributed by atoms with Crippen molar-refractivity contribution in [2.75, 3.05) is 176 Å². The summed E-state index contributed by atoms with van der Waals surface area (Å²) >= 11 is 0. The molecule has 3 amide bonds. The Balaban J connectivity index is 0.962. The van der Waals surface area contributed by atoms with Crippen molar-refractivity contribution in [1.29, 1.82) is 0 Å². The normalized spacial score (nSPS) is 13.7. The van der Waals surface area contributed by atoms with E-state index < -0.39 is 23.6 Å². The molecule has 5 rings (SSSR count). The van der Waals surface area contributed by atoms with Crippen LogP contribution >= 0.6 is 0 Å². The summed E-state index contributed by atoms with van der Waals surface area (Å²) in [6, 6.07) is 20.2. The van der Waals surface area contributed by atoms with Crippen molar-refractivity contribution < 1.29 is 70.2 Å². The zero-order valence-electron chi connectivity index (χ0n) is 46.9. The number of pyridine rings is 1. The number of methoxy groups -OCH3 is 1. The Kier molecular flexibility index (Phi) is 30.5. The van der Waals surface area contributed by atoms with Crippen LogP contribution in [-0.2, 0) is 55.4 Å². The molecule has 4 aromatic rings. The van der Waals surface area contributed by atoms with Crippen LogP contribution in [0.4, 0.5) is 24.5 Å². The Morgan fingerprint density at radius 2 is 1.29 bits per heavy atom. The van der Waals surface area contributed by atoms with Gasteiger partial charge in [-0.1, -0.05) is 18.2 Å². The van der Waals surface area contributed by atoms with Crippen molar-refractivity contribution >= 4 is 29.1 Å². The van der Waals surface area contributed by atoms with Crippen molar-refractivity contribution in [2.45, 2.75) is 45.5 Å². The minimum atomic E-state index is -4.51. The number of alkyl halides is 3. The van der Waals surface area contributed by atoms with Crippen LogP contribution in [0.3, 0.4) is 0 Å². The van der Waals surface area contributed by atoms with Gasteiger partial charge in [0.25, 0.3) is 17.7 Å². The number of rotatable bonds is 41. The Labute approximate surface area is 469 Å². The number of carbonyl (C=O) groups is 3. The standard InChI is InChI=1S/C58H82F3N7O12/c1-5-67(6-2)50-15-16-53(52(41-50)54-40-47(17-18-63-54)55(69)64-42-45-10-7-13-49(38-45)58(59,60)61)65-56(70)46-11-8-12-48(39-46)57(71)66(3)21-22-68-20-9-14-51(68)43-80-44-62-19-23-73-26-27-75-30-31-77-34-35-79-37-36-78-33-32-76-29-28-74-25-24-72-4/h7-8,10-13,15-18,38-41,51,62H,5-6,9,14,19-37,42-44H2,1-4H3,(H,64,69)(H,65,70). The van der Waals surface area contributed by atoms with E-state index in [1.165, 1.54) is 24.4 Å². The molecule has 1 unspecified atom stereocenters. The maximum atomic E-state index is 13.9. The highest BCUT2D eigenvalue weighted by molar-refractivity contribution is 6.08. The highest BCUT2D eigenvalue weighted by atomic mass is 19.4. The first kappa shape index (κ1) is 65.2. The third kappa shape index (κ3) is 23.8. The molecule has 0 spiro atoms. The van der Waals surface area contributed by atoms with Gasteiger partial charge >= 0.3 is 6.18 Å². The maximum Gasteiger partial charge on any atom is 0.416 e. The molecular weight excluding hydrogens is 1040 g/mol. The van der Waals surface area contributed by atoms with Gasteiger partial charge < -0.3 is 63.1 Å². The number of hydrogen-bond acceptors (Lipinski definition) is 16. The molecule has 0 aliphatic carbocycles. The molecule has 3 aromatic carbocycles. The van der Waals surface area contributed by atoms with Crippen LogP contribution in [-0.4, -0.2) is 204 Å². The summed E-state index contributed by atoms with van der Waals surface area (Å²) in [6.45, 7) is 16.6. The van der Waals surface area contributed by atoms with Gasteiger partial charge in [0.15, 0.2) is 0 Å². The zero-order valence-corrected chi connectivity index (χ0v) is 46.9. The number of nitrogens with one attached hydrogen (secondary N) is 3. The summed E-state index contributed by atoms with van der Waals surface area (Å²) in [5.74, 6) is -1.18. The minimum Gasteiger partial charge on any atom is -0.382 e. The van der Waals surface area contributed by atoms with E-state index in [4.69, 9.17) is 42.6 Å². The fourth-order valence-corrected chi connectivity index (χ4v) is 8.51. The lowest BCUT2D eigenvalue weighted by molar-refractivity contribution is -0.137. The van der Waals surface area contributed by atoms with Crippen molar-refractivity contribution in [3.8, 4) is 11.3 Å². The molecule has 0 radical (unpaired) electrons. The highest BCUT2D eigenvalue weighted by Gasteiger charge is 2.30. The lowest BCUT2D eigenvalue weighted by Gasteiger charge is -2.27. The molecule has 1 fully saturated rings. The Hall–Kier alpha value is -5.63. The number of hydrogen-bond donors (Lipinski definition) is 3. The predicted octanol–water partition coefficient (Wildman–Crippen LogP) is 6.66. The summed E-state index contributed by atoms with van der Waals surface area (Å²) < 4.78 is 89.3. The molecule has 3 N–H and O–H groups in total. The summed E-state index contributed by atoms with van der Waals surface area (Å²) in [5, 5.41) is 8.95. The number of ether oxygens (including phenoxy) is 9. The predicted molar refractivity (Wildman–Crippen MR) is 298 cm³/mol. The molecule has 0 bridgehead atoms. The number of benzene rings is 3. The second kappa shape index (κ2) is 37.4. The van der Waals surface area contributed by atoms with Crippen molar-refractivity contribution in [1.82, 2.24) is 25.4 Å². The largest absolute Gasteiger partial charge is 0.416 e. The van der Waals surface area contributed by atoms with E-state index in [0.717, 1.165) is 37.2 Å². The lowest BCUT2D eigenvalue weighted by Crippen LogP contribution is -2.40. The molecule has 1 aliphatic heterocycles. The number of nitrogens with zero attached hydrogens (tertiary/aromatic N) is 4. The number of likely N-dealkylation sites (N-methyl/N-ethyl adjacent to an activating group) is 1. The van der Waals surface area contributed by atoms with Crippen LogP contribution in [0.5, 0.6) is 0 Å². The molecule has 442 valence electrons. The summed E-state index contributed by atoms with van der Waals surface area (Å²) in [5.41, 5.74) is 2.58. The second-order valence-electron chi connectivity index (χ2n) is 18.6. The average Bonchev–Trinajstić information content (AvgIpc) is 3.97. The van der Waals surface area contributed by atoms with Crippen LogP contribution in [0.1, 0.15) is 68.9 Å². The van der Waals surface area contributed by atoms with Crippen LogP contribution in [0, 0.1) is 0 Å². The van der Waals surface area contributed by atoms with E-state index in [1.54, 1.807) is 55.5 Å². The number of carbonyl (C=O) groups excluding carboxylic acids is 3. The molecule has 80 heavy (non-hydrogen) atoms. The Bertz CT molecular complexity index is 2420. The summed E-state index contributed by atoms with van der Waals surface area (Å²) in [4.78, 5) is 51.7. The molecule has 1 saturated heterocycles. The molecule has 0 saturated carbocycles. The van der Waals surface area contributed by atoms with E-state index in [9.17, 15) is 27.6 Å². The van der Waals surface area contributed by atoms with E-state index >= 15 is 0 Å². The summed E-state index contributed by atoms with van der Waals surface area (Å²) in [6.07, 6.45) is -1.00. The quantitative estimate of drug-likeness (QED) is 0.0316. The van der Waals surface area contributed by atoms with Gasteiger partial charge in [-0.2, -0.15) is 13.2 Å². The monoisotopic (exact) mass is 1130 g/mol. The van der Waals surface area contributed by atoms with Crippen LogP contribution in [0.25, 0.3) is 11.3 Å². The zero-order chi connectivity index (χ0) is 57.2. The first-order valence-electron chi connectivity index (χ1n) is 27.4. The van der Waals surface area contributed by atoms with Crippen molar-refractivity contribution in [3.05, 3.63) is 113 Å². The highest BCUT2D eigenvalue weighted by Crippen LogP contribution is 2.33. The molecule has 19 nitrogen and oxygen atoms in total. The molecular formula is C58H82F3N7O12. The number of aromatic nitrogens is 1. The minimum absolute atomic E-state index is 0.122. The van der Waals surface area contributed by atoms with E-state index in [1.807, 2.05) is 26.0 Å². The number of anilines is 2. The Morgan fingerprint density at radius 1 is 0.688 bits per heavy atom. The van der Waals surface area contributed by atoms with E-state index in [-0.39, 0.29) is 29.6 Å². The first-order valence-corrected chi connectivity index (χ1v) is 27.4. The SMILES string of the molecule is CCN(CC)c1ccc(NC(=O)c2cccc(C(=O)N(C)CCN3CCCC3COCNCCOCCOCCOCCOCCOCCOCCOCCOC)c2)c(-c2cc(C(=O)NCc3cccc(C(F)(F)F)c3)ccn2)c1. The third-order valence-electron chi connectivity index (χ3n) is 12.9. The van der Waals surface area contributed by atoms with Gasteiger partial charge in [0.2, 0.25) is 0 Å². The van der Waals surface area contributed by atoms with Crippen LogP contribution in [0.15, 0.2) is 85.1 Å². The summed E-state index contributed by atoms with van der Waals surface area (Å²) in [7, 11) is 3.39. The topological polar surface area (TPSA) is 193 Å². The van der Waals surface area contributed by atoms with E-state index in [2.05, 4.69) is 30.7 Å². The van der Waals surface area contributed by atoms with Gasteiger partial charge in [-0.3, -0.25) is 29.6 Å². The molecule has 1 aliphatic rings. The molecule has 22 heteroatoms. The van der Waals surface area contributed by atoms with Gasteiger partial charge in [0, 0.05) is 93.6 Å².